The van der Waals surface area contributed by atoms with Crippen molar-refractivity contribution in [2.75, 3.05) is 0 Å². The van der Waals surface area contributed by atoms with Gasteiger partial charge in [0.2, 0.25) is 0 Å². The summed E-state index contributed by atoms with van der Waals surface area (Å²) < 4.78 is 94.8. The minimum absolute atomic E-state index is 0. The third-order valence-electron chi connectivity index (χ3n) is 0. The summed E-state index contributed by atoms with van der Waals surface area (Å²) in [6, 6.07) is 0. The zero-order valence-corrected chi connectivity index (χ0v) is 10.9. The van der Waals surface area contributed by atoms with E-state index in [0.717, 1.165) is 0 Å². The Labute approximate surface area is 94.0 Å². The molecule has 104 valence electrons. The van der Waals surface area contributed by atoms with E-state index in [2.05, 4.69) is 0 Å². The summed E-state index contributed by atoms with van der Waals surface area (Å²) >= 11 is 0. The van der Waals surface area contributed by atoms with Crippen molar-refractivity contribution in [3.8, 4) is 0 Å². The van der Waals surface area contributed by atoms with E-state index in [4.69, 9.17) is 52.6 Å². The summed E-state index contributed by atoms with van der Waals surface area (Å²) in [4.78, 5) is 0. The maximum Gasteiger partial charge on any atom is 0.394 e. The molecular formula is H9O12PS3. The molecule has 16 heteroatoms. The zero-order valence-electron chi connectivity index (χ0n) is 7.06. The monoisotopic (exact) mass is 328 g/mol. The molecule has 0 aliphatic carbocycles. The smallest absolute Gasteiger partial charge is 0.264 e. The van der Waals surface area contributed by atoms with Crippen LogP contribution in [0.5, 0.6) is 0 Å². The van der Waals surface area contributed by atoms with Gasteiger partial charge in [0.25, 0.3) is 0 Å². The van der Waals surface area contributed by atoms with E-state index in [1.54, 1.807) is 0 Å². The van der Waals surface area contributed by atoms with Gasteiger partial charge >= 0.3 is 31.2 Å². The molecule has 0 amide bonds. The Balaban J connectivity index is -0.0000000655. The predicted molar refractivity (Wildman–Crippen MR) is 53.6 cm³/mol. The van der Waals surface area contributed by atoms with Crippen LogP contribution in [0, 0.1) is 0 Å². The molecule has 1 unspecified atom stereocenters. The van der Waals surface area contributed by atoms with Crippen LogP contribution in [0.4, 0.5) is 0 Å². The second-order valence-electron chi connectivity index (χ2n) is 1.34. The second kappa shape index (κ2) is 9.11. The molecule has 6 N–H and O–H groups in total. The van der Waals surface area contributed by atoms with Crippen LogP contribution in [0.2, 0.25) is 0 Å². The standard InChI is InChI=1S/3H2O4S.H3P/c3*1-5(2,3)4;/h3*(H2,1,2,3,4);1H3. The van der Waals surface area contributed by atoms with Crippen molar-refractivity contribution in [3.05, 3.63) is 0 Å². The number of hydrogen-bond donors (Lipinski definition) is 6. The SMILES string of the molecule is O=S(=O)(O)O.O=S(=O)(O)O.O=S(=O)(O)O.P. The summed E-state index contributed by atoms with van der Waals surface area (Å²) in [5, 5.41) is 0. The molecule has 0 rings (SSSR count). The molecule has 0 heterocycles. The molecule has 1 atom stereocenters. The first-order valence-corrected chi connectivity index (χ1v) is 6.29. The van der Waals surface area contributed by atoms with Crippen LogP contribution in [0.25, 0.3) is 0 Å². The highest BCUT2D eigenvalue weighted by atomic mass is 32.3. The summed E-state index contributed by atoms with van der Waals surface area (Å²) in [5.41, 5.74) is 0. The fraction of sp³-hybridized carbons (Fsp3) is 0. The van der Waals surface area contributed by atoms with Crippen molar-refractivity contribution in [1.29, 1.82) is 0 Å². The van der Waals surface area contributed by atoms with Crippen LogP contribution in [0.1, 0.15) is 0 Å². The molecule has 0 aromatic carbocycles. The first-order valence-electron chi connectivity index (χ1n) is 2.10. The Kier molecular flexibility index (Phi) is 14.3. The third kappa shape index (κ3) is 1490000. The Hall–Kier alpha value is 0.0400. The van der Waals surface area contributed by atoms with Crippen molar-refractivity contribution >= 4 is 41.1 Å². The van der Waals surface area contributed by atoms with Crippen molar-refractivity contribution in [2.24, 2.45) is 0 Å². The van der Waals surface area contributed by atoms with Gasteiger partial charge in [-0.15, -0.1) is 0 Å². The van der Waals surface area contributed by atoms with Crippen LogP contribution < -0.4 is 0 Å². The third-order valence-corrected chi connectivity index (χ3v) is 0. The van der Waals surface area contributed by atoms with E-state index >= 15 is 0 Å². The Bertz CT molecular complexity index is 337. The minimum atomic E-state index is -4.67. The van der Waals surface area contributed by atoms with E-state index in [0.29, 0.717) is 0 Å². The van der Waals surface area contributed by atoms with E-state index in [1.807, 2.05) is 0 Å². The zero-order chi connectivity index (χ0) is 13.5. The molecule has 0 aromatic rings. The topological polar surface area (TPSA) is 224 Å². The lowest BCUT2D eigenvalue weighted by Crippen LogP contribution is -1.89. The molecule has 0 aliphatic heterocycles. The van der Waals surface area contributed by atoms with Crippen LogP contribution >= 0.6 is 9.90 Å². The first-order chi connectivity index (χ1) is 6.00. The van der Waals surface area contributed by atoms with E-state index in [-0.39, 0.29) is 9.90 Å². The lowest BCUT2D eigenvalue weighted by molar-refractivity contribution is 0.378. The van der Waals surface area contributed by atoms with Crippen LogP contribution in [0.15, 0.2) is 0 Å². The summed E-state index contributed by atoms with van der Waals surface area (Å²) in [6.45, 7) is 0. The van der Waals surface area contributed by atoms with Gasteiger partial charge in [-0.3, -0.25) is 27.3 Å². The van der Waals surface area contributed by atoms with E-state index in [1.165, 1.54) is 0 Å². The van der Waals surface area contributed by atoms with Crippen molar-refractivity contribution in [2.45, 2.75) is 0 Å². The molecule has 0 spiro atoms. The van der Waals surface area contributed by atoms with Gasteiger partial charge in [-0.1, -0.05) is 0 Å². The highest BCUT2D eigenvalue weighted by Gasteiger charge is 1.85. The Morgan fingerprint density at radius 3 is 0.438 bits per heavy atom. The molecule has 0 saturated carbocycles. The van der Waals surface area contributed by atoms with Crippen molar-refractivity contribution in [1.82, 2.24) is 0 Å². The predicted octanol–water partition coefficient (Wildman–Crippen LogP) is -1.90. The minimum Gasteiger partial charge on any atom is -0.264 e. The molecule has 0 aliphatic rings. The van der Waals surface area contributed by atoms with Gasteiger partial charge in [0.1, 0.15) is 0 Å². The average molecular weight is 328 g/mol. The normalized spacial score (nSPS) is 10.9. The number of rotatable bonds is 0. The molecule has 0 bridgehead atoms. The van der Waals surface area contributed by atoms with Gasteiger partial charge in [0, 0.05) is 0 Å². The Morgan fingerprint density at radius 2 is 0.438 bits per heavy atom. The highest BCUT2D eigenvalue weighted by molar-refractivity contribution is 7.80. The van der Waals surface area contributed by atoms with E-state index in [9.17, 15) is 0 Å². The van der Waals surface area contributed by atoms with E-state index < -0.39 is 31.2 Å². The molecule has 16 heavy (non-hydrogen) atoms. The molecule has 0 aromatic heterocycles. The van der Waals surface area contributed by atoms with Crippen LogP contribution in [-0.4, -0.2) is 52.6 Å². The maximum atomic E-state index is 8.74. The lowest BCUT2D eigenvalue weighted by atomic mass is 15.8. The average Bonchev–Trinajstić information content (AvgIpc) is 1.41. The quantitative estimate of drug-likeness (QED) is 0.212. The maximum absolute atomic E-state index is 8.74. The molecule has 0 radical (unpaired) electrons. The molecular weight excluding hydrogens is 319 g/mol. The number of hydrogen-bond acceptors (Lipinski definition) is 6. The summed E-state index contributed by atoms with van der Waals surface area (Å²) in [7, 11) is -14.0. The molecule has 0 fully saturated rings. The lowest BCUT2D eigenvalue weighted by Gasteiger charge is -1.68. The van der Waals surface area contributed by atoms with Gasteiger partial charge < -0.3 is 0 Å². The Morgan fingerprint density at radius 1 is 0.438 bits per heavy atom. The van der Waals surface area contributed by atoms with Crippen LogP contribution in [-0.2, 0) is 31.2 Å². The van der Waals surface area contributed by atoms with Gasteiger partial charge in [-0.2, -0.15) is 35.2 Å². The van der Waals surface area contributed by atoms with Gasteiger partial charge in [0.15, 0.2) is 0 Å². The summed E-state index contributed by atoms with van der Waals surface area (Å²) in [5.74, 6) is 0. The largest absolute Gasteiger partial charge is 0.394 e. The molecule has 0 saturated heterocycles. The van der Waals surface area contributed by atoms with Gasteiger partial charge in [-0.25, -0.2) is 0 Å². The highest BCUT2D eigenvalue weighted by Crippen LogP contribution is 1.60. The first kappa shape index (κ1) is 25.0. The molecule has 12 nitrogen and oxygen atoms in total. The van der Waals surface area contributed by atoms with Gasteiger partial charge in [-0.05, 0) is 0 Å². The fourth-order valence-corrected chi connectivity index (χ4v) is 0. The van der Waals surface area contributed by atoms with Crippen molar-refractivity contribution in [3.63, 3.8) is 0 Å². The fourth-order valence-electron chi connectivity index (χ4n) is 0. The second-order valence-corrected chi connectivity index (χ2v) is 4.03. The summed E-state index contributed by atoms with van der Waals surface area (Å²) in [6.07, 6.45) is 0. The van der Waals surface area contributed by atoms with Crippen molar-refractivity contribution < 1.29 is 52.6 Å². The van der Waals surface area contributed by atoms with Gasteiger partial charge in [0.05, 0.1) is 0 Å². The van der Waals surface area contributed by atoms with Crippen LogP contribution in [0.3, 0.4) is 0 Å².